The third-order valence-corrected chi connectivity index (χ3v) is 7.10. The lowest BCUT2D eigenvalue weighted by Crippen LogP contribution is -2.34. The van der Waals surface area contributed by atoms with Crippen molar-refractivity contribution in [3.63, 3.8) is 0 Å². The Morgan fingerprint density at radius 3 is 2.48 bits per heavy atom. The van der Waals surface area contributed by atoms with Crippen LogP contribution in [-0.2, 0) is 23.1 Å². The van der Waals surface area contributed by atoms with Gasteiger partial charge in [0.2, 0.25) is 10.0 Å². The Labute approximate surface area is 162 Å². The number of hydrogen-bond donors (Lipinski definition) is 1. The van der Waals surface area contributed by atoms with Crippen molar-refractivity contribution in [3.8, 4) is 0 Å². The number of nitrogens with zero attached hydrogens (tertiary/aromatic N) is 3. The van der Waals surface area contributed by atoms with E-state index in [1.54, 1.807) is 18.5 Å². The second kappa shape index (κ2) is 8.02. The van der Waals surface area contributed by atoms with Crippen LogP contribution < -0.4 is 9.62 Å². The van der Waals surface area contributed by atoms with Crippen LogP contribution in [0.5, 0.6) is 0 Å². The zero-order valence-corrected chi connectivity index (χ0v) is 17.5. The SMILES string of the molecule is CCn1nc(C)c(S(=O)(=O)NCc2ccccc2N2CCC(C)CC2)c1C. The van der Waals surface area contributed by atoms with E-state index in [9.17, 15) is 8.42 Å². The van der Waals surface area contributed by atoms with Gasteiger partial charge in [0.15, 0.2) is 0 Å². The molecule has 1 saturated heterocycles. The van der Waals surface area contributed by atoms with Gasteiger partial charge in [-0.2, -0.15) is 5.10 Å². The molecule has 1 aliphatic heterocycles. The van der Waals surface area contributed by atoms with Crippen molar-refractivity contribution in [3.05, 3.63) is 41.2 Å². The van der Waals surface area contributed by atoms with E-state index < -0.39 is 10.0 Å². The summed E-state index contributed by atoms with van der Waals surface area (Å²) in [6.07, 6.45) is 2.35. The van der Waals surface area contributed by atoms with Crippen molar-refractivity contribution >= 4 is 15.7 Å². The number of aryl methyl sites for hydroxylation is 2. The van der Waals surface area contributed by atoms with Crippen LogP contribution in [-0.4, -0.2) is 31.3 Å². The minimum Gasteiger partial charge on any atom is -0.371 e. The van der Waals surface area contributed by atoms with Crippen LogP contribution in [0, 0.1) is 19.8 Å². The molecule has 1 aromatic heterocycles. The van der Waals surface area contributed by atoms with Gasteiger partial charge in [-0.15, -0.1) is 0 Å². The maximum Gasteiger partial charge on any atom is 0.244 e. The maximum absolute atomic E-state index is 12.9. The molecule has 3 rings (SSSR count). The Kier molecular flexibility index (Phi) is 5.91. The summed E-state index contributed by atoms with van der Waals surface area (Å²) in [6.45, 7) is 10.8. The van der Waals surface area contributed by atoms with Gasteiger partial charge in [-0.1, -0.05) is 25.1 Å². The summed E-state index contributed by atoms with van der Waals surface area (Å²) in [5.41, 5.74) is 3.36. The van der Waals surface area contributed by atoms with E-state index in [4.69, 9.17) is 0 Å². The fraction of sp³-hybridized carbons (Fsp3) is 0.550. The number of rotatable bonds is 6. The molecule has 0 spiro atoms. The van der Waals surface area contributed by atoms with Gasteiger partial charge in [0.25, 0.3) is 0 Å². The fourth-order valence-electron chi connectivity index (χ4n) is 3.84. The van der Waals surface area contributed by atoms with E-state index in [0.717, 1.165) is 30.3 Å². The quantitative estimate of drug-likeness (QED) is 0.822. The van der Waals surface area contributed by atoms with Crippen molar-refractivity contribution in [1.29, 1.82) is 0 Å². The van der Waals surface area contributed by atoms with Gasteiger partial charge in [-0.25, -0.2) is 13.1 Å². The van der Waals surface area contributed by atoms with Gasteiger partial charge in [0.1, 0.15) is 4.90 Å². The Morgan fingerprint density at radius 1 is 1.19 bits per heavy atom. The fourth-order valence-corrected chi connectivity index (χ4v) is 5.25. The zero-order valence-electron chi connectivity index (χ0n) is 16.7. The molecule has 1 aromatic carbocycles. The summed E-state index contributed by atoms with van der Waals surface area (Å²) in [7, 11) is -3.62. The lowest BCUT2D eigenvalue weighted by Gasteiger charge is -2.33. The first-order valence-corrected chi connectivity index (χ1v) is 11.2. The molecule has 7 heteroatoms. The van der Waals surface area contributed by atoms with Gasteiger partial charge < -0.3 is 4.90 Å². The van der Waals surface area contributed by atoms with Gasteiger partial charge in [0, 0.05) is 31.9 Å². The van der Waals surface area contributed by atoms with Crippen molar-refractivity contribution < 1.29 is 8.42 Å². The molecule has 6 nitrogen and oxygen atoms in total. The highest BCUT2D eigenvalue weighted by Crippen LogP contribution is 2.27. The van der Waals surface area contributed by atoms with E-state index >= 15 is 0 Å². The normalized spacial score (nSPS) is 16.1. The number of sulfonamides is 1. The molecule has 1 fully saturated rings. The van der Waals surface area contributed by atoms with Crippen LogP contribution in [0.1, 0.15) is 43.6 Å². The molecular formula is C20H30N4O2S. The van der Waals surface area contributed by atoms with E-state index in [1.807, 2.05) is 25.1 Å². The van der Waals surface area contributed by atoms with Crippen LogP contribution in [0.25, 0.3) is 0 Å². The molecule has 148 valence electrons. The summed E-state index contributed by atoms with van der Waals surface area (Å²) in [4.78, 5) is 2.67. The highest BCUT2D eigenvalue weighted by atomic mass is 32.2. The predicted molar refractivity (Wildman–Crippen MR) is 108 cm³/mol. The van der Waals surface area contributed by atoms with Gasteiger partial charge in [-0.05, 0) is 51.2 Å². The van der Waals surface area contributed by atoms with E-state index in [2.05, 4.69) is 27.7 Å². The summed E-state index contributed by atoms with van der Waals surface area (Å²) in [5, 5.41) is 4.34. The van der Waals surface area contributed by atoms with Crippen LogP contribution in [0.3, 0.4) is 0 Å². The van der Waals surface area contributed by atoms with E-state index in [1.165, 1.54) is 12.8 Å². The Bertz CT molecular complexity index is 897. The second-order valence-corrected chi connectivity index (χ2v) is 9.14. The highest BCUT2D eigenvalue weighted by molar-refractivity contribution is 7.89. The number of hydrogen-bond acceptors (Lipinski definition) is 4. The van der Waals surface area contributed by atoms with Gasteiger partial charge >= 0.3 is 0 Å². The molecule has 1 N–H and O–H groups in total. The largest absolute Gasteiger partial charge is 0.371 e. The Morgan fingerprint density at radius 2 is 1.85 bits per heavy atom. The van der Waals surface area contributed by atoms with Crippen LogP contribution in [0.4, 0.5) is 5.69 Å². The predicted octanol–water partition coefficient (Wildman–Crippen LogP) is 3.23. The number of para-hydroxylation sites is 1. The first kappa shape index (κ1) is 19.9. The summed E-state index contributed by atoms with van der Waals surface area (Å²) in [5.74, 6) is 0.757. The third kappa shape index (κ3) is 4.19. The van der Waals surface area contributed by atoms with Crippen molar-refractivity contribution in [1.82, 2.24) is 14.5 Å². The summed E-state index contributed by atoms with van der Waals surface area (Å²) < 4.78 is 30.4. The molecule has 0 unspecified atom stereocenters. The van der Waals surface area contributed by atoms with Crippen molar-refractivity contribution in [2.75, 3.05) is 18.0 Å². The van der Waals surface area contributed by atoms with Crippen LogP contribution in [0.2, 0.25) is 0 Å². The Balaban J connectivity index is 1.80. The monoisotopic (exact) mass is 390 g/mol. The Hall–Kier alpha value is -1.86. The smallest absolute Gasteiger partial charge is 0.244 e. The highest BCUT2D eigenvalue weighted by Gasteiger charge is 2.25. The standard InChI is InChI=1S/C20H30N4O2S/c1-5-24-17(4)20(16(3)22-24)27(25,26)21-14-18-8-6-7-9-19(18)23-12-10-15(2)11-13-23/h6-9,15,21H,5,10-14H2,1-4H3. The molecule has 0 aliphatic carbocycles. The second-order valence-electron chi connectivity index (χ2n) is 7.44. The first-order valence-electron chi connectivity index (χ1n) is 9.70. The molecule has 27 heavy (non-hydrogen) atoms. The average Bonchev–Trinajstić information content (AvgIpc) is 2.95. The zero-order chi connectivity index (χ0) is 19.6. The van der Waals surface area contributed by atoms with Crippen molar-refractivity contribution in [2.45, 2.75) is 58.5 Å². The lowest BCUT2D eigenvalue weighted by atomic mass is 9.98. The number of nitrogens with one attached hydrogen (secondary N) is 1. The van der Waals surface area contributed by atoms with Crippen molar-refractivity contribution in [2.24, 2.45) is 5.92 Å². The number of anilines is 1. The number of piperidine rings is 1. The minimum absolute atomic E-state index is 0.279. The topological polar surface area (TPSA) is 67.2 Å². The molecule has 0 bridgehead atoms. The molecule has 1 aliphatic rings. The van der Waals surface area contributed by atoms with Crippen LogP contribution in [0.15, 0.2) is 29.2 Å². The molecule has 2 heterocycles. The van der Waals surface area contributed by atoms with Gasteiger partial charge in [0.05, 0.1) is 11.4 Å². The molecule has 0 radical (unpaired) electrons. The average molecular weight is 391 g/mol. The summed E-state index contributed by atoms with van der Waals surface area (Å²) >= 11 is 0. The maximum atomic E-state index is 12.9. The number of benzene rings is 1. The molecular weight excluding hydrogens is 360 g/mol. The molecule has 0 atom stereocenters. The summed E-state index contributed by atoms with van der Waals surface area (Å²) in [6, 6.07) is 8.08. The third-order valence-electron chi connectivity index (χ3n) is 5.45. The van der Waals surface area contributed by atoms with E-state index in [0.29, 0.717) is 22.8 Å². The molecule has 0 saturated carbocycles. The van der Waals surface area contributed by atoms with Crippen LogP contribution >= 0.6 is 0 Å². The lowest BCUT2D eigenvalue weighted by molar-refractivity contribution is 0.438. The number of aromatic nitrogens is 2. The molecule has 2 aromatic rings. The molecule has 0 amide bonds. The van der Waals surface area contributed by atoms with Gasteiger partial charge in [-0.3, -0.25) is 4.68 Å². The van der Waals surface area contributed by atoms with E-state index in [-0.39, 0.29) is 6.54 Å². The minimum atomic E-state index is -3.62. The first-order chi connectivity index (χ1) is 12.8.